The van der Waals surface area contributed by atoms with Gasteiger partial charge < -0.3 is 20.1 Å². The summed E-state index contributed by atoms with van der Waals surface area (Å²) >= 11 is 0. The Morgan fingerprint density at radius 2 is 1.92 bits per heavy atom. The molecule has 1 aromatic rings. The Morgan fingerprint density at radius 1 is 1.27 bits per heavy atom. The van der Waals surface area contributed by atoms with Gasteiger partial charge in [-0.25, -0.2) is 9.59 Å². The molecule has 0 radical (unpaired) electrons. The maximum Gasteiger partial charge on any atom is 0.335 e. The first kappa shape index (κ1) is 19.8. The number of carboxylic acids is 1. The number of likely N-dealkylation sites (tertiary alicyclic amines) is 1. The predicted molar refractivity (Wildman–Crippen MR) is 95.7 cm³/mol. The third kappa shape index (κ3) is 4.15. The van der Waals surface area contributed by atoms with E-state index in [0.29, 0.717) is 32.7 Å². The number of benzene rings is 1. The molecular formula is C19H26N2O5. The van der Waals surface area contributed by atoms with E-state index in [-0.39, 0.29) is 23.5 Å². The molecule has 1 aromatic carbocycles. The van der Waals surface area contributed by atoms with E-state index in [2.05, 4.69) is 5.32 Å². The fourth-order valence-electron chi connectivity index (χ4n) is 3.21. The van der Waals surface area contributed by atoms with Crippen molar-refractivity contribution in [3.8, 4) is 0 Å². The highest BCUT2D eigenvalue weighted by Crippen LogP contribution is 2.39. The van der Waals surface area contributed by atoms with Crippen molar-refractivity contribution >= 4 is 18.0 Å². The van der Waals surface area contributed by atoms with Crippen molar-refractivity contribution in [2.75, 3.05) is 19.7 Å². The number of urea groups is 1. The van der Waals surface area contributed by atoms with E-state index >= 15 is 0 Å². The highest BCUT2D eigenvalue weighted by Gasteiger charge is 2.49. The molecule has 1 aliphatic heterocycles. The third-order valence-electron chi connectivity index (χ3n) is 5.02. The van der Waals surface area contributed by atoms with E-state index in [0.717, 1.165) is 5.56 Å². The van der Waals surface area contributed by atoms with Gasteiger partial charge in [0.05, 0.1) is 17.6 Å². The van der Waals surface area contributed by atoms with Crippen molar-refractivity contribution in [1.82, 2.24) is 10.2 Å². The van der Waals surface area contributed by atoms with Crippen molar-refractivity contribution in [3.63, 3.8) is 0 Å². The fraction of sp³-hybridized carbons (Fsp3) is 0.526. The van der Waals surface area contributed by atoms with Gasteiger partial charge >= 0.3 is 18.0 Å². The minimum atomic E-state index is -0.985. The molecule has 0 spiro atoms. The Hall–Kier alpha value is -2.57. The van der Waals surface area contributed by atoms with Crippen LogP contribution in [0, 0.1) is 11.3 Å². The highest BCUT2D eigenvalue weighted by atomic mass is 16.5. The van der Waals surface area contributed by atoms with Crippen LogP contribution in [0.4, 0.5) is 4.79 Å². The molecular weight excluding hydrogens is 336 g/mol. The number of hydrogen-bond acceptors (Lipinski definition) is 4. The number of rotatable bonds is 6. The third-order valence-corrected chi connectivity index (χ3v) is 5.02. The van der Waals surface area contributed by atoms with Gasteiger partial charge in [0.2, 0.25) is 0 Å². The first-order valence-corrected chi connectivity index (χ1v) is 8.82. The molecule has 26 heavy (non-hydrogen) atoms. The van der Waals surface area contributed by atoms with Crippen LogP contribution >= 0.6 is 0 Å². The molecule has 142 valence electrons. The summed E-state index contributed by atoms with van der Waals surface area (Å²) in [5.41, 5.74) is 0.357. The highest BCUT2D eigenvalue weighted by molar-refractivity contribution is 5.87. The Bertz CT molecular complexity index is 671. The lowest BCUT2D eigenvalue weighted by atomic mass is 9.76. The first-order valence-electron chi connectivity index (χ1n) is 8.82. The smallest absolute Gasteiger partial charge is 0.335 e. The number of nitrogens with zero attached hydrogens (tertiary/aromatic N) is 1. The Morgan fingerprint density at radius 3 is 2.46 bits per heavy atom. The van der Waals surface area contributed by atoms with Crippen LogP contribution < -0.4 is 5.32 Å². The zero-order valence-electron chi connectivity index (χ0n) is 15.4. The van der Waals surface area contributed by atoms with Crippen LogP contribution in [0.5, 0.6) is 0 Å². The van der Waals surface area contributed by atoms with E-state index < -0.39 is 11.4 Å². The molecule has 1 saturated heterocycles. The van der Waals surface area contributed by atoms with Crippen LogP contribution in [-0.4, -0.2) is 47.7 Å². The second kappa shape index (κ2) is 8.21. The van der Waals surface area contributed by atoms with Gasteiger partial charge in [0.15, 0.2) is 0 Å². The molecule has 2 rings (SSSR count). The monoisotopic (exact) mass is 362 g/mol. The molecule has 1 fully saturated rings. The summed E-state index contributed by atoms with van der Waals surface area (Å²) in [6, 6.07) is 6.11. The van der Waals surface area contributed by atoms with Gasteiger partial charge in [0.1, 0.15) is 0 Å². The summed E-state index contributed by atoms with van der Waals surface area (Å²) < 4.78 is 5.23. The molecule has 0 aliphatic carbocycles. The largest absolute Gasteiger partial charge is 0.478 e. The average Bonchev–Trinajstić information content (AvgIpc) is 3.07. The van der Waals surface area contributed by atoms with Gasteiger partial charge in [-0.05, 0) is 37.0 Å². The quantitative estimate of drug-likeness (QED) is 0.758. The fourth-order valence-corrected chi connectivity index (χ4v) is 3.21. The minimum Gasteiger partial charge on any atom is -0.478 e. The van der Waals surface area contributed by atoms with Crippen molar-refractivity contribution in [2.24, 2.45) is 11.3 Å². The molecule has 7 nitrogen and oxygen atoms in total. The van der Waals surface area contributed by atoms with Crippen molar-refractivity contribution < 1.29 is 24.2 Å². The minimum absolute atomic E-state index is 0.0721. The zero-order valence-corrected chi connectivity index (χ0v) is 15.4. The zero-order chi connectivity index (χ0) is 19.3. The summed E-state index contributed by atoms with van der Waals surface area (Å²) in [6.07, 6.45) is 0.588. The van der Waals surface area contributed by atoms with E-state index in [9.17, 15) is 14.4 Å². The number of hydrogen-bond donors (Lipinski definition) is 2. The summed E-state index contributed by atoms with van der Waals surface area (Å²) in [4.78, 5) is 37.4. The van der Waals surface area contributed by atoms with E-state index in [1.807, 2.05) is 13.8 Å². The molecule has 1 heterocycles. The molecule has 7 heteroatoms. The van der Waals surface area contributed by atoms with Gasteiger partial charge in [0.25, 0.3) is 0 Å². The number of aromatic carboxylic acids is 1. The SMILES string of the molecule is CCOC(=O)C1(C(C)C)CCN(C(=O)NCc2ccc(C(=O)O)cc2)C1. The Labute approximate surface area is 153 Å². The maximum atomic E-state index is 12.5. The predicted octanol–water partition coefficient (Wildman–Crippen LogP) is 2.51. The molecule has 0 bridgehead atoms. The lowest BCUT2D eigenvalue weighted by molar-refractivity contribution is -0.157. The molecule has 2 N–H and O–H groups in total. The van der Waals surface area contributed by atoms with Gasteiger partial charge in [-0.3, -0.25) is 4.79 Å². The molecule has 1 aliphatic rings. The molecule has 2 amide bonds. The lowest BCUT2D eigenvalue weighted by Crippen LogP contribution is -2.44. The van der Waals surface area contributed by atoms with Gasteiger partial charge in [-0.2, -0.15) is 0 Å². The normalized spacial score (nSPS) is 19.5. The summed E-state index contributed by atoms with van der Waals surface area (Å²) in [7, 11) is 0. The lowest BCUT2D eigenvalue weighted by Gasteiger charge is -2.30. The number of esters is 1. The van der Waals surface area contributed by atoms with Crippen molar-refractivity contribution in [3.05, 3.63) is 35.4 Å². The van der Waals surface area contributed by atoms with Crippen LogP contribution in [-0.2, 0) is 16.1 Å². The molecule has 0 aromatic heterocycles. The van der Waals surface area contributed by atoms with Crippen molar-refractivity contribution in [1.29, 1.82) is 0 Å². The van der Waals surface area contributed by atoms with Gasteiger partial charge in [-0.1, -0.05) is 26.0 Å². The number of carbonyl (C=O) groups excluding carboxylic acids is 2. The standard InChI is InChI=1S/C19H26N2O5/c1-4-26-17(24)19(13(2)3)9-10-21(12-19)18(25)20-11-14-5-7-15(8-6-14)16(22)23/h5-8,13H,4,9-12H2,1-3H3,(H,20,25)(H,22,23). The van der Waals surface area contributed by atoms with Gasteiger partial charge in [-0.15, -0.1) is 0 Å². The van der Waals surface area contributed by atoms with Crippen LogP contribution in [0.15, 0.2) is 24.3 Å². The first-order chi connectivity index (χ1) is 12.3. The number of amides is 2. The van der Waals surface area contributed by atoms with Crippen LogP contribution in [0.25, 0.3) is 0 Å². The summed E-state index contributed by atoms with van der Waals surface area (Å²) in [5.74, 6) is -1.15. The summed E-state index contributed by atoms with van der Waals surface area (Å²) in [5, 5.41) is 11.7. The number of carbonyl (C=O) groups is 3. The maximum absolute atomic E-state index is 12.5. The molecule has 0 saturated carbocycles. The van der Waals surface area contributed by atoms with Gasteiger partial charge in [0, 0.05) is 19.6 Å². The number of carboxylic acid groups (broad SMARTS) is 1. The van der Waals surface area contributed by atoms with Crippen LogP contribution in [0.1, 0.15) is 43.1 Å². The molecule has 1 unspecified atom stereocenters. The average molecular weight is 362 g/mol. The Balaban J connectivity index is 1.96. The number of ether oxygens (including phenoxy) is 1. The Kier molecular flexibility index (Phi) is 6.23. The van der Waals surface area contributed by atoms with Crippen molar-refractivity contribution in [2.45, 2.75) is 33.7 Å². The van der Waals surface area contributed by atoms with E-state index in [1.165, 1.54) is 12.1 Å². The topological polar surface area (TPSA) is 95.9 Å². The summed E-state index contributed by atoms with van der Waals surface area (Å²) in [6.45, 7) is 7.19. The van der Waals surface area contributed by atoms with E-state index in [1.54, 1.807) is 24.0 Å². The second-order valence-electron chi connectivity index (χ2n) is 6.86. The second-order valence-corrected chi connectivity index (χ2v) is 6.86. The van der Waals surface area contributed by atoms with Crippen LogP contribution in [0.3, 0.4) is 0 Å². The van der Waals surface area contributed by atoms with E-state index in [4.69, 9.17) is 9.84 Å². The number of nitrogens with one attached hydrogen (secondary N) is 1. The molecule has 1 atom stereocenters. The van der Waals surface area contributed by atoms with Crippen LogP contribution in [0.2, 0.25) is 0 Å².